The van der Waals surface area contributed by atoms with Gasteiger partial charge in [0.05, 0.1) is 0 Å². The van der Waals surface area contributed by atoms with Gasteiger partial charge in [-0.2, -0.15) is 11.8 Å². The molecule has 2 unspecified atom stereocenters. The molecule has 1 heterocycles. The maximum Gasteiger partial charge on any atom is 0.0494 e. The predicted octanol–water partition coefficient (Wildman–Crippen LogP) is 1.83. The van der Waals surface area contributed by atoms with Gasteiger partial charge >= 0.3 is 0 Å². The molecule has 2 atom stereocenters. The minimum absolute atomic E-state index is 0.0377. The van der Waals surface area contributed by atoms with E-state index in [0.717, 1.165) is 11.8 Å². The average molecular weight is 217 g/mol. The monoisotopic (exact) mass is 217 g/mol. The van der Waals surface area contributed by atoms with Crippen LogP contribution in [-0.4, -0.2) is 46.7 Å². The van der Waals surface area contributed by atoms with E-state index in [2.05, 4.69) is 44.4 Å². The zero-order valence-corrected chi connectivity index (χ0v) is 10.6. The molecule has 84 valence electrons. The highest BCUT2D eigenvalue weighted by Crippen LogP contribution is 2.27. The quantitative estimate of drug-likeness (QED) is 0.780. The lowest BCUT2D eigenvalue weighted by Gasteiger charge is -2.41. The lowest BCUT2D eigenvalue weighted by molar-refractivity contribution is 0.0844. The summed E-state index contributed by atoms with van der Waals surface area (Å²) in [5.41, 5.74) is 0.0377. The van der Waals surface area contributed by atoms with Crippen molar-refractivity contribution >= 4 is 11.8 Å². The number of nitrogens with zero attached hydrogens (tertiary/aromatic N) is 1. The van der Waals surface area contributed by atoms with Gasteiger partial charge in [-0.05, 0) is 6.92 Å². The van der Waals surface area contributed by atoms with Crippen LogP contribution in [-0.2, 0) is 0 Å². The van der Waals surface area contributed by atoms with Gasteiger partial charge in [-0.15, -0.1) is 0 Å². The first-order chi connectivity index (χ1) is 6.46. The van der Waals surface area contributed by atoms with E-state index in [1.807, 2.05) is 0 Å². The van der Waals surface area contributed by atoms with Crippen molar-refractivity contribution < 1.29 is 5.11 Å². The highest BCUT2D eigenvalue weighted by molar-refractivity contribution is 8.00. The summed E-state index contributed by atoms with van der Waals surface area (Å²) in [7, 11) is 0. The van der Waals surface area contributed by atoms with Crippen molar-refractivity contribution in [3.8, 4) is 0 Å². The normalized spacial score (nSPS) is 30.6. The van der Waals surface area contributed by atoms with Gasteiger partial charge < -0.3 is 5.11 Å². The van der Waals surface area contributed by atoms with E-state index in [1.165, 1.54) is 12.3 Å². The Labute approximate surface area is 92.1 Å². The van der Waals surface area contributed by atoms with Crippen molar-refractivity contribution in [3.05, 3.63) is 0 Å². The largest absolute Gasteiger partial charge is 0.396 e. The summed E-state index contributed by atoms with van der Waals surface area (Å²) >= 11 is 2.06. The molecule has 0 aromatic rings. The van der Waals surface area contributed by atoms with E-state index in [4.69, 9.17) is 0 Å². The summed E-state index contributed by atoms with van der Waals surface area (Å²) < 4.78 is 0. The van der Waals surface area contributed by atoms with E-state index < -0.39 is 0 Å². The van der Waals surface area contributed by atoms with Crippen LogP contribution in [0.2, 0.25) is 0 Å². The molecule has 0 saturated carbocycles. The van der Waals surface area contributed by atoms with Crippen LogP contribution in [0.15, 0.2) is 0 Å². The van der Waals surface area contributed by atoms with Crippen molar-refractivity contribution in [1.29, 1.82) is 0 Å². The molecule has 0 bridgehead atoms. The number of hydrogen-bond donors (Lipinski definition) is 1. The summed E-state index contributed by atoms with van der Waals surface area (Å²) in [6, 6.07) is 0.638. The van der Waals surface area contributed by atoms with Gasteiger partial charge in [0.15, 0.2) is 0 Å². The topological polar surface area (TPSA) is 23.5 Å². The summed E-state index contributed by atoms with van der Waals surface area (Å²) in [6.07, 6.45) is 0. The van der Waals surface area contributed by atoms with E-state index in [1.54, 1.807) is 0 Å². The average Bonchev–Trinajstić information content (AvgIpc) is 2.13. The van der Waals surface area contributed by atoms with E-state index in [-0.39, 0.29) is 12.0 Å². The lowest BCUT2D eigenvalue weighted by atomic mass is 9.93. The summed E-state index contributed by atoms with van der Waals surface area (Å²) in [4.78, 5) is 2.51. The molecule has 0 aliphatic carbocycles. The number of aliphatic hydroxyl groups is 1. The fourth-order valence-corrected chi connectivity index (χ4v) is 2.98. The van der Waals surface area contributed by atoms with Crippen LogP contribution >= 0.6 is 11.8 Å². The van der Waals surface area contributed by atoms with Crippen LogP contribution in [0.5, 0.6) is 0 Å². The Morgan fingerprint density at radius 3 is 2.64 bits per heavy atom. The third-order valence-electron chi connectivity index (χ3n) is 3.07. The molecule has 1 N–H and O–H groups in total. The first-order valence-electron chi connectivity index (χ1n) is 5.43. The van der Waals surface area contributed by atoms with Gasteiger partial charge in [-0.1, -0.05) is 20.8 Å². The van der Waals surface area contributed by atoms with Gasteiger partial charge in [-0.25, -0.2) is 0 Å². The molecule has 1 saturated heterocycles. The molecule has 0 aromatic carbocycles. The molecular formula is C11H23NOS. The molecule has 0 aromatic heterocycles. The van der Waals surface area contributed by atoms with Crippen molar-refractivity contribution in [2.24, 2.45) is 5.41 Å². The van der Waals surface area contributed by atoms with Crippen LogP contribution in [0.25, 0.3) is 0 Å². The Morgan fingerprint density at radius 2 is 2.07 bits per heavy atom. The van der Waals surface area contributed by atoms with Crippen molar-refractivity contribution in [2.45, 2.75) is 39.0 Å². The smallest absolute Gasteiger partial charge is 0.0494 e. The summed E-state index contributed by atoms with van der Waals surface area (Å²) in [6.45, 7) is 11.3. The van der Waals surface area contributed by atoms with Gasteiger partial charge in [-0.3, -0.25) is 4.90 Å². The Kier molecular flexibility index (Phi) is 4.29. The molecule has 0 radical (unpaired) electrons. The highest BCUT2D eigenvalue weighted by atomic mass is 32.2. The molecule has 1 fully saturated rings. The fourth-order valence-electron chi connectivity index (χ4n) is 1.82. The molecule has 1 aliphatic rings. The van der Waals surface area contributed by atoms with Crippen LogP contribution in [0, 0.1) is 5.41 Å². The van der Waals surface area contributed by atoms with E-state index in [9.17, 15) is 5.11 Å². The fraction of sp³-hybridized carbons (Fsp3) is 1.00. The predicted molar refractivity (Wildman–Crippen MR) is 63.8 cm³/mol. The number of aliphatic hydroxyl groups excluding tert-OH is 1. The third kappa shape index (κ3) is 3.14. The van der Waals surface area contributed by atoms with Crippen molar-refractivity contribution in [1.82, 2.24) is 4.90 Å². The highest BCUT2D eigenvalue weighted by Gasteiger charge is 2.29. The Morgan fingerprint density at radius 1 is 1.43 bits per heavy atom. The molecule has 2 nitrogen and oxygen atoms in total. The van der Waals surface area contributed by atoms with Crippen LogP contribution in [0.4, 0.5) is 0 Å². The Hall–Kier alpha value is 0.270. The van der Waals surface area contributed by atoms with E-state index >= 15 is 0 Å². The second-order valence-corrected chi connectivity index (χ2v) is 6.59. The number of rotatable bonds is 3. The maximum absolute atomic E-state index is 9.24. The molecule has 1 aliphatic heterocycles. The first-order valence-corrected chi connectivity index (χ1v) is 6.48. The zero-order chi connectivity index (χ0) is 10.8. The first kappa shape index (κ1) is 12.3. The van der Waals surface area contributed by atoms with Gasteiger partial charge in [0.2, 0.25) is 0 Å². The lowest BCUT2D eigenvalue weighted by Crippen LogP contribution is -2.49. The van der Waals surface area contributed by atoms with Crippen molar-refractivity contribution in [2.75, 3.05) is 25.4 Å². The summed E-state index contributed by atoms with van der Waals surface area (Å²) in [5.74, 6) is 1.23. The van der Waals surface area contributed by atoms with Gasteiger partial charge in [0, 0.05) is 42.2 Å². The maximum atomic E-state index is 9.24. The van der Waals surface area contributed by atoms with Crippen LogP contribution < -0.4 is 0 Å². The molecule has 0 spiro atoms. The standard InChI is InChI=1S/C11H23NOS/c1-9-10(2)14-6-5-12(9)7-11(3,4)8-13/h9-10,13H,5-8H2,1-4H3. The Bertz CT molecular complexity index is 184. The summed E-state index contributed by atoms with van der Waals surface area (Å²) in [5, 5.41) is 9.97. The van der Waals surface area contributed by atoms with Gasteiger partial charge in [0.1, 0.15) is 0 Å². The third-order valence-corrected chi connectivity index (χ3v) is 4.41. The number of thioether (sulfide) groups is 1. The molecular weight excluding hydrogens is 194 g/mol. The minimum Gasteiger partial charge on any atom is -0.396 e. The van der Waals surface area contributed by atoms with Crippen LogP contribution in [0.3, 0.4) is 0 Å². The second kappa shape index (κ2) is 4.86. The van der Waals surface area contributed by atoms with Gasteiger partial charge in [0.25, 0.3) is 0 Å². The zero-order valence-electron chi connectivity index (χ0n) is 9.79. The number of hydrogen-bond acceptors (Lipinski definition) is 3. The second-order valence-electron chi connectivity index (χ2n) is 5.11. The minimum atomic E-state index is 0.0377. The molecule has 14 heavy (non-hydrogen) atoms. The van der Waals surface area contributed by atoms with E-state index in [0.29, 0.717) is 6.04 Å². The molecule has 0 amide bonds. The molecule has 1 rings (SSSR count). The van der Waals surface area contributed by atoms with Crippen molar-refractivity contribution in [3.63, 3.8) is 0 Å². The van der Waals surface area contributed by atoms with Crippen LogP contribution in [0.1, 0.15) is 27.7 Å². The molecule has 3 heteroatoms. The Balaban J connectivity index is 2.51. The SMILES string of the molecule is CC1SCCN(CC(C)(C)CO)C1C.